The van der Waals surface area contributed by atoms with Gasteiger partial charge in [0.1, 0.15) is 17.2 Å². The maximum atomic E-state index is 11.5. The van der Waals surface area contributed by atoms with Crippen LogP contribution in [0.2, 0.25) is 5.02 Å². The largest absolute Gasteiger partial charge is 0.508 e. The Morgan fingerprint density at radius 2 is 1.95 bits per heavy atom. The van der Waals surface area contributed by atoms with Crippen molar-refractivity contribution in [1.29, 1.82) is 0 Å². The number of halogens is 1. The highest BCUT2D eigenvalue weighted by Crippen LogP contribution is 2.20. The van der Waals surface area contributed by atoms with Crippen LogP contribution in [0.25, 0.3) is 0 Å². The van der Waals surface area contributed by atoms with Gasteiger partial charge in [0.2, 0.25) is 0 Å². The molecule has 0 radical (unpaired) electrons. The van der Waals surface area contributed by atoms with Gasteiger partial charge in [-0.1, -0.05) is 11.6 Å². The van der Waals surface area contributed by atoms with E-state index >= 15 is 0 Å². The molecule has 7 heteroatoms. The number of hydrazone groups is 1. The van der Waals surface area contributed by atoms with E-state index in [-0.39, 0.29) is 18.1 Å². The minimum absolute atomic E-state index is 0.0601. The smallest absolute Gasteiger partial charge is 0.277 e. The second kappa shape index (κ2) is 7.33. The second-order valence-electron chi connectivity index (χ2n) is 4.28. The van der Waals surface area contributed by atoms with Crippen LogP contribution in [-0.4, -0.2) is 28.9 Å². The standard InChI is InChI=1S/C15H13ClN2O4/c16-11-2-5-13(6-3-11)22-9-15(21)18-17-8-10-1-4-12(19)7-14(10)20/h1-8,19-20H,9H2,(H,18,21). The third-order valence-corrected chi connectivity index (χ3v) is 2.84. The summed E-state index contributed by atoms with van der Waals surface area (Å²) in [6, 6.07) is 10.6. The van der Waals surface area contributed by atoms with Gasteiger partial charge in [0.15, 0.2) is 6.61 Å². The van der Waals surface area contributed by atoms with Gasteiger partial charge in [-0.05, 0) is 36.4 Å². The van der Waals surface area contributed by atoms with E-state index in [4.69, 9.17) is 21.4 Å². The molecule has 2 aromatic rings. The van der Waals surface area contributed by atoms with E-state index < -0.39 is 5.91 Å². The number of ether oxygens (including phenoxy) is 1. The van der Waals surface area contributed by atoms with Crippen LogP contribution in [0, 0.1) is 0 Å². The molecule has 2 aromatic carbocycles. The second-order valence-corrected chi connectivity index (χ2v) is 4.72. The molecule has 2 rings (SSSR count). The first-order valence-electron chi connectivity index (χ1n) is 6.27. The van der Waals surface area contributed by atoms with E-state index in [2.05, 4.69) is 10.5 Å². The third-order valence-electron chi connectivity index (χ3n) is 2.59. The molecule has 3 N–H and O–H groups in total. The van der Waals surface area contributed by atoms with Gasteiger partial charge < -0.3 is 14.9 Å². The van der Waals surface area contributed by atoms with Crippen molar-refractivity contribution in [3.63, 3.8) is 0 Å². The Balaban J connectivity index is 1.82. The van der Waals surface area contributed by atoms with Crippen molar-refractivity contribution in [3.8, 4) is 17.2 Å². The fraction of sp³-hybridized carbons (Fsp3) is 0.0667. The lowest BCUT2D eigenvalue weighted by Crippen LogP contribution is -2.24. The lowest BCUT2D eigenvalue weighted by molar-refractivity contribution is -0.123. The normalized spacial score (nSPS) is 10.6. The SMILES string of the molecule is O=C(COc1ccc(Cl)cc1)NN=Cc1ccc(O)cc1O. The van der Waals surface area contributed by atoms with Gasteiger partial charge in [-0.15, -0.1) is 0 Å². The summed E-state index contributed by atoms with van der Waals surface area (Å²) >= 11 is 5.73. The number of benzene rings is 2. The van der Waals surface area contributed by atoms with Gasteiger partial charge in [-0.3, -0.25) is 4.79 Å². The van der Waals surface area contributed by atoms with Crippen LogP contribution in [0.4, 0.5) is 0 Å². The molecule has 6 nitrogen and oxygen atoms in total. The molecule has 0 atom stereocenters. The maximum absolute atomic E-state index is 11.5. The summed E-state index contributed by atoms with van der Waals surface area (Å²) < 4.78 is 5.24. The fourth-order valence-corrected chi connectivity index (χ4v) is 1.65. The molecule has 0 heterocycles. The van der Waals surface area contributed by atoms with Crippen LogP contribution in [-0.2, 0) is 4.79 Å². The molecule has 0 bridgehead atoms. The first kappa shape index (κ1) is 15.7. The number of phenols is 2. The quantitative estimate of drug-likeness (QED) is 0.582. The molecule has 22 heavy (non-hydrogen) atoms. The Morgan fingerprint density at radius 1 is 1.23 bits per heavy atom. The molecule has 0 aliphatic heterocycles. The minimum atomic E-state index is -0.454. The van der Waals surface area contributed by atoms with Gasteiger partial charge >= 0.3 is 0 Å². The molecule has 0 aromatic heterocycles. The summed E-state index contributed by atoms with van der Waals surface area (Å²) in [6.45, 7) is -0.208. The van der Waals surface area contributed by atoms with Crippen LogP contribution in [0.5, 0.6) is 17.2 Å². The maximum Gasteiger partial charge on any atom is 0.277 e. The number of nitrogens with zero attached hydrogens (tertiary/aromatic N) is 1. The summed E-state index contributed by atoms with van der Waals surface area (Å²) in [7, 11) is 0. The Kier molecular flexibility index (Phi) is 5.21. The molecule has 114 valence electrons. The monoisotopic (exact) mass is 320 g/mol. The highest BCUT2D eigenvalue weighted by molar-refractivity contribution is 6.30. The molecule has 0 unspecified atom stereocenters. The number of hydrogen-bond donors (Lipinski definition) is 3. The summed E-state index contributed by atoms with van der Waals surface area (Å²) in [5, 5.41) is 22.9. The summed E-state index contributed by atoms with van der Waals surface area (Å²) in [5.74, 6) is -0.144. The van der Waals surface area contributed by atoms with Gasteiger partial charge in [0, 0.05) is 16.7 Å². The average molecular weight is 321 g/mol. The van der Waals surface area contributed by atoms with Gasteiger partial charge in [-0.2, -0.15) is 5.10 Å². The van der Waals surface area contributed by atoms with E-state index in [1.165, 1.54) is 24.4 Å². The zero-order valence-electron chi connectivity index (χ0n) is 11.4. The summed E-state index contributed by atoms with van der Waals surface area (Å²) in [6.07, 6.45) is 1.26. The third kappa shape index (κ3) is 4.68. The number of amides is 1. The molecule has 0 aliphatic carbocycles. The summed E-state index contributed by atoms with van der Waals surface area (Å²) in [5.41, 5.74) is 2.62. The number of hydrogen-bond acceptors (Lipinski definition) is 5. The highest BCUT2D eigenvalue weighted by atomic mass is 35.5. The number of carbonyl (C=O) groups excluding carboxylic acids is 1. The van der Waals surface area contributed by atoms with Crippen LogP contribution in [0.1, 0.15) is 5.56 Å². The zero-order chi connectivity index (χ0) is 15.9. The lowest BCUT2D eigenvalue weighted by Gasteiger charge is -2.04. The Labute approximate surface area is 131 Å². The number of rotatable bonds is 5. The lowest BCUT2D eigenvalue weighted by atomic mass is 10.2. The topological polar surface area (TPSA) is 91.2 Å². The molecule has 0 aliphatic rings. The summed E-state index contributed by atoms with van der Waals surface area (Å²) in [4.78, 5) is 11.5. The molecule has 0 fully saturated rings. The van der Waals surface area contributed by atoms with Crippen LogP contribution in [0.3, 0.4) is 0 Å². The predicted molar refractivity (Wildman–Crippen MR) is 82.5 cm³/mol. The van der Waals surface area contributed by atoms with E-state index in [0.717, 1.165) is 0 Å². The van der Waals surface area contributed by atoms with Crippen LogP contribution < -0.4 is 10.2 Å². The number of phenolic OH excluding ortho intramolecular Hbond substituents is 2. The van der Waals surface area contributed by atoms with Crippen molar-refractivity contribution in [2.24, 2.45) is 5.10 Å². The Hall–Kier alpha value is -2.73. The van der Waals surface area contributed by atoms with Crippen molar-refractivity contribution in [2.75, 3.05) is 6.61 Å². The van der Waals surface area contributed by atoms with E-state index in [0.29, 0.717) is 16.3 Å². The molecule has 0 saturated carbocycles. The molecular formula is C15H13ClN2O4. The zero-order valence-corrected chi connectivity index (χ0v) is 12.1. The first-order chi connectivity index (χ1) is 10.5. The van der Waals surface area contributed by atoms with Gasteiger partial charge in [0.05, 0.1) is 6.21 Å². The molecular weight excluding hydrogens is 308 g/mol. The van der Waals surface area contributed by atoms with E-state index in [9.17, 15) is 9.90 Å². The predicted octanol–water partition coefficient (Wildman–Crippen LogP) is 2.28. The highest BCUT2D eigenvalue weighted by Gasteiger charge is 2.02. The first-order valence-corrected chi connectivity index (χ1v) is 6.64. The van der Waals surface area contributed by atoms with Crippen molar-refractivity contribution < 1.29 is 19.7 Å². The minimum Gasteiger partial charge on any atom is -0.508 e. The van der Waals surface area contributed by atoms with Gasteiger partial charge in [-0.25, -0.2) is 5.43 Å². The fourth-order valence-electron chi connectivity index (χ4n) is 1.53. The van der Waals surface area contributed by atoms with Gasteiger partial charge in [0.25, 0.3) is 5.91 Å². The van der Waals surface area contributed by atoms with E-state index in [1.54, 1.807) is 24.3 Å². The number of aromatic hydroxyl groups is 2. The molecule has 0 saturated heterocycles. The van der Waals surface area contributed by atoms with E-state index in [1.807, 2.05) is 0 Å². The molecule has 1 amide bonds. The number of nitrogens with one attached hydrogen (secondary N) is 1. The van der Waals surface area contributed by atoms with Crippen molar-refractivity contribution >= 4 is 23.7 Å². The Bertz CT molecular complexity index is 686. The molecule has 0 spiro atoms. The Morgan fingerprint density at radius 3 is 2.64 bits per heavy atom. The van der Waals surface area contributed by atoms with Crippen LogP contribution >= 0.6 is 11.6 Å². The van der Waals surface area contributed by atoms with Crippen molar-refractivity contribution in [2.45, 2.75) is 0 Å². The van der Waals surface area contributed by atoms with Crippen LogP contribution in [0.15, 0.2) is 47.6 Å². The van der Waals surface area contributed by atoms with Crippen molar-refractivity contribution in [1.82, 2.24) is 5.43 Å². The number of carbonyl (C=O) groups is 1. The van der Waals surface area contributed by atoms with Crippen molar-refractivity contribution in [3.05, 3.63) is 53.1 Å². The average Bonchev–Trinajstić information content (AvgIpc) is 2.49.